The molecule has 1 aromatic carbocycles. The van der Waals surface area contributed by atoms with Crippen molar-refractivity contribution >= 4 is 11.8 Å². The van der Waals surface area contributed by atoms with Gasteiger partial charge in [-0.2, -0.15) is 0 Å². The number of benzene rings is 1. The molecule has 3 heteroatoms. The lowest BCUT2D eigenvalue weighted by atomic mass is 9.99. The van der Waals surface area contributed by atoms with E-state index in [0.29, 0.717) is 12.1 Å². The molecule has 104 valence electrons. The van der Waals surface area contributed by atoms with E-state index in [1.165, 1.54) is 30.3 Å². The molecule has 1 saturated heterocycles. The van der Waals surface area contributed by atoms with Crippen molar-refractivity contribution in [1.82, 2.24) is 9.80 Å². The maximum atomic E-state index is 2.67. The molecule has 0 N–H and O–H groups in total. The first-order valence-electron chi connectivity index (χ1n) is 7.31. The summed E-state index contributed by atoms with van der Waals surface area (Å²) in [6.07, 6.45) is 0. The fourth-order valence-electron chi connectivity index (χ4n) is 3.36. The fraction of sp³-hybridized carbons (Fsp3) is 0.625. The lowest BCUT2D eigenvalue weighted by Crippen LogP contribution is -2.55. The molecule has 19 heavy (non-hydrogen) atoms. The molecule has 2 aliphatic rings. The van der Waals surface area contributed by atoms with E-state index in [1.807, 2.05) is 11.8 Å². The van der Waals surface area contributed by atoms with Crippen LogP contribution in [0.2, 0.25) is 0 Å². The third kappa shape index (κ3) is 2.69. The largest absolute Gasteiger partial charge is 0.300 e. The van der Waals surface area contributed by atoms with Crippen LogP contribution in [0.5, 0.6) is 0 Å². The summed E-state index contributed by atoms with van der Waals surface area (Å²) in [5.74, 6) is 1.98. The third-order valence-corrected chi connectivity index (χ3v) is 5.96. The molecule has 3 unspecified atom stereocenters. The number of nitrogens with zero attached hydrogens (tertiary/aromatic N) is 2. The lowest BCUT2D eigenvalue weighted by molar-refractivity contribution is 0.0576. The average Bonchev–Trinajstić information content (AvgIpc) is 2.79. The summed E-state index contributed by atoms with van der Waals surface area (Å²) in [5, 5.41) is 0. The number of thioether (sulfide) groups is 1. The van der Waals surface area contributed by atoms with Crippen molar-refractivity contribution in [2.45, 2.75) is 36.7 Å². The molecule has 0 bridgehead atoms. The van der Waals surface area contributed by atoms with Gasteiger partial charge in [-0.15, -0.1) is 11.8 Å². The van der Waals surface area contributed by atoms with E-state index >= 15 is 0 Å². The third-order valence-electron chi connectivity index (χ3n) is 4.71. The molecule has 3 rings (SSSR count). The highest BCUT2D eigenvalue weighted by Gasteiger charge is 2.30. The van der Waals surface area contributed by atoms with Crippen LogP contribution in [0.25, 0.3) is 0 Å². The maximum absolute atomic E-state index is 2.67. The van der Waals surface area contributed by atoms with Crippen LogP contribution < -0.4 is 0 Å². The molecular formula is C16H24N2S. The van der Waals surface area contributed by atoms with Crippen LogP contribution in [0.1, 0.15) is 25.3 Å². The van der Waals surface area contributed by atoms with Gasteiger partial charge in [-0.25, -0.2) is 0 Å². The topological polar surface area (TPSA) is 6.48 Å². The Labute approximate surface area is 121 Å². The molecular weight excluding hydrogens is 252 g/mol. The van der Waals surface area contributed by atoms with Crippen molar-refractivity contribution in [3.8, 4) is 0 Å². The maximum Gasteiger partial charge on any atom is 0.0195 e. The summed E-state index contributed by atoms with van der Waals surface area (Å²) in [6.45, 7) is 8.35. The van der Waals surface area contributed by atoms with Crippen molar-refractivity contribution in [2.75, 3.05) is 32.4 Å². The molecule has 2 nitrogen and oxygen atoms in total. The normalized spacial score (nSPS) is 32.5. The van der Waals surface area contributed by atoms with E-state index in [-0.39, 0.29) is 0 Å². The van der Waals surface area contributed by atoms with Gasteiger partial charge < -0.3 is 0 Å². The second-order valence-corrected chi connectivity index (χ2v) is 7.19. The molecule has 0 aliphatic carbocycles. The zero-order valence-corrected chi connectivity index (χ0v) is 13.0. The highest BCUT2D eigenvalue weighted by molar-refractivity contribution is 7.99. The molecule has 3 atom stereocenters. The first-order chi connectivity index (χ1) is 9.15. The van der Waals surface area contributed by atoms with E-state index in [1.54, 1.807) is 5.56 Å². The van der Waals surface area contributed by atoms with E-state index in [4.69, 9.17) is 0 Å². The van der Waals surface area contributed by atoms with Crippen LogP contribution >= 0.6 is 11.8 Å². The van der Waals surface area contributed by atoms with E-state index < -0.39 is 0 Å². The van der Waals surface area contributed by atoms with Gasteiger partial charge in [0.1, 0.15) is 0 Å². The molecule has 0 spiro atoms. The fourth-order valence-corrected chi connectivity index (χ4v) is 4.60. The van der Waals surface area contributed by atoms with Crippen LogP contribution in [0, 0.1) is 0 Å². The van der Waals surface area contributed by atoms with E-state index in [9.17, 15) is 0 Å². The van der Waals surface area contributed by atoms with E-state index in [0.717, 1.165) is 5.92 Å². The molecule has 0 amide bonds. The second kappa shape index (κ2) is 5.47. The highest BCUT2D eigenvalue weighted by atomic mass is 32.2. The van der Waals surface area contributed by atoms with Gasteiger partial charge in [-0.05, 0) is 32.5 Å². The first-order valence-corrected chi connectivity index (χ1v) is 8.29. The minimum atomic E-state index is 0.674. The number of rotatable bonds is 2. The Kier molecular flexibility index (Phi) is 3.88. The van der Waals surface area contributed by atoms with Gasteiger partial charge in [0, 0.05) is 48.3 Å². The minimum absolute atomic E-state index is 0.674. The molecule has 0 aromatic heterocycles. The van der Waals surface area contributed by atoms with Crippen molar-refractivity contribution < 1.29 is 0 Å². The Balaban J connectivity index is 1.67. The summed E-state index contributed by atoms with van der Waals surface area (Å²) >= 11 is 2.03. The number of likely N-dealkylation sites (N-methyl/N-ethyl adjacent to an activating group) is 1. The Bertz CT molecular complexity index is 436. The predicted molar refractivity (Wildman–Crippen MR) is 83.0 cm³/mol. The van der Waals surface area contributed by atoms with E-state index in [2.05, 4.69) is 55.0 Å². The molecule has 2 aliphatic heterocycles. The quantitative estimate of drug-likeness (QED) is 0.820. The highest BCUT2D eigenvalue weighted by Crippen LogP contribution is 2.39. The second-order valence-electron chi connectivity index (χ2n) is 6.13. The summed E-state index contributed by atoms with van der Waals surface area (Å²) < 4.78 is 0. The summed E-state index contributed by atoms with van der Waals surface area (Å²) in [5.41, 5.74) is 1.58. The van der Waals surface area contributed by atoms with Crippen molar-refractivity contribution in [3.05, 3.63) is 29.8 Å². The van der Waals surface area contributed by atoms with Gasteiger partial charge in [0.05, 0.1) is 0 Å². The van der Waals surface area contributed by atoms with Crippen molar-refractivity contribution in [3.63, 3.8) is 0 Å². The Hall–Kier alpha value is -0.510. The molecule has 2 heterocycles. The molecule has 1 fully saturated rings. The zero-order chi connectivity index (χ0) is 13.4. The molecule has 0 radical (unpaired) electrons. The number of hydrogen-bond donors (Lipinski definition) is 0. The number of fused-ring (bicyclic) bond motifs is 1. The van der Waals surface area contributed by atoms with Crippen LogP contribution in [-0.4, -0.2) is 54.3 Å². The smallest absolute Gasteiger partial charge is 0.0195 e. The zero-order valence-electron chi connectivity index (χ0n) is 12.2. The van der Waals surface area contributed by atoms with Gasteiger partial charge in [0.25, 0.3) is 0 Å². The Morgan fingerprint density at radius 3 is 2.58 bits per heavy atom. The van der Waals surface area contributed by atoms with Gasteiger partial charge in [0.15, 0.2) is 0 Å². The monoisotopic (exact) mass is 276 g/mol. The van der Waals surface area contributed by atoms with Crippen LogP contribution in [-0.2, 0) is 0 Å². The summed E-state index contributed by atoms with van der Waals surface area (Å²) in [7, 11) is 2.26. The van der Waals surface area contributed by atoms with Gasteiger partial charge >= 0.3 is 0 Å². The van der Waals surface area contributed by atoms with Crippen LogP contribution in [0.4, 0.5) is 0 Å². The molecule has 1 aromatic rings. The predicted octanol–water partition coefficient (Wildman–Crippen LogP) is 2.90. The van der Waals surface area contributed by atoms with Crippen molar-refractivity contribution in [2.24, 2.45) is 0 Å². The summed E-state index contributed by atoms with van der Waals surface area (Å²) in [4.78, 5) is 6.68. The average molecular weight is 276 g/mol. The SMILES string of the molecule is CC1CN(CC2CSc3ccccc32)CC(C)N1C. The molecule has 0 saturated carbocycles. The Morgan fingerprint density at radius 1 is 1.16 bits per heavy atom. The van der Waals surface area contributed by atoms with Crippen molar-refractivity contribution in [1.29, 1.82) is 0 Å². The standard InChI is InChI=1S/C16H24N2S/c1-12-8-18(9-13(2)17(12)3)10-14-11-19-16-7-5-4-6-15(14)16/h4-7,12-14H,8-11H2,1-3H3. The van der Waals surface area contributed by atoms with Crippen LogP contribution in [0.15, 0.2) is 29.2 Å². The van der Waals surface area contributed by atoms with Crippen LogP contribution in [0.3, 0.4) is 0 Å². The van der Waals surface area contributed by atoms with Gasteiger partial charge in [-0.1, -0.05) is 18.2 Å². The van der Waals surface area contributed by atoms with Gasteiger partial charge in [0.2, 0.25) is 0 Å². The first kappa shape index (κ1) is 13.5. The summed E-state index contributed by atoms with van der Waals surface area (Å²) in [6, 6.07) is 10.3. The lowest BCUT2D eigenvalue weighted by Gasteiger charge is -2.43. The number of hydrogen-bond acceptors (Lipinski definition) is 3. The Morgan fingerprint density at radius 2 is 1.84 bits per heavy atom. The minimum Gasteiger partial charge on any atom is -0.300 e. The van der Waals surface area contributed by atoms with Gasteiger partial charge in [-0.3, -0.25) is 9.80 Å². The number of piperazine rings is 1.